The maximum atomic E-state index is 12.3. The predicted octanol–water partition coefficient (Wildman–Crippen LogP) is 3.89. The lowest BCUT2D eigenvalue weighted by atomic mass is 10.1. The smallest absolute Gasteiger partial charge is 0.337 e. The summed E-state index contributed by atoms with van der Waals surface area (Å²) in [6.45, 7) is 1.71. The predicted molar refractivity (Wildman–Crippen MR) is 94.3 cm³/mol. The molecule has 1 fully saturated rings. The molecule has 0 aliphatic carbocycles. The molecule has 3 rings (SSSR count). The molecule has 0 aromatic heterocycles. The molecule has 1 aliphatic rings. The van der Waals surface area contributed by atoms with Crippen LogP contribution in [0.25, 0.3) is 0 Å². The summed E-state index contributed by atoms with van der Waals surface area (Å²) in [7, 11) is 0. The molecule has 6 heteroatoms. The first-order chi connectivity index (χ1) is 11.5. The largest absolute Gasteiger partial charge is 0.478 e. The van der Waals surface area contributed by atoms with Gasteiger partial charge in [-0.15, -0.1) is 0 Å². The highest BCUT2D eigenvalue weighted by molar-refractivity contribution is 6.31. The van der Waals surface area contributed by atoms with Crippen LogP contribution in [0.5, 0.6) is 0 Å². The lowest BCUT2D eigenvalue weighted by molar-refractivity contribution is 0.0697. The molecular weight excluding hydrogens is 328 g/mol. The number of nitrogens with one attached hydrogen (secondary N) is 1. The summed E-state index contributed by atoms with van der Waals surface area (Å²) < 4.78 is 0. The normalized spacial score (nSPS) is 13.8. The van der Waals surface area contributed by atoms with Crippen LogP contribution in [0.3, 0.4) is 0 Å². The van der Waals surface area contributed by atoms with Crippen LogP contribution in [-0.2, 0) is 0 Å². The average Bonchev–Trinajstić information content (AvgIpc) is 3.09. The van der Waals surface area contributed by atoms with Gasteiger partial charge in [0.25, 0.3) is 5.91 Å². The first-order valence-electron chi connectivity index (χ1n) is 7.74. The summed E-state index contributed by atoms with van der Waals surface area (Å²) >= 11 is 5.89. The zero-order valence-electron chi connectivity index (χ0n) is 13.0. The van der Waals surface area contributed by atoms with E-state index in [0.717, 1.165) is 25.9 Å². The van der Waals surface area contributed by atoms with Crippen molar-refractivity contribution in [2.24, 2.45) is 0 Å². The number of carboxylic acid groups (broad SMARTS) is 1. The molecule has 0 saturated carbocycles. The lowest BCUT2D eigenvalue weighted by Crippen LogP contribution is -2.21. The number of hydrogen-bond donors (Lipinski definition) is 2. The highest BCUT2D eigenvalue weighted by Gasteiger charge is 2.20. The van der Waals surface area contributed by atoms with Gasteiger partial charge in [-0.05, 0) is 49.2 Å². The van der Waals surface area contributed by atoms with E-state index in [4.69, 9.17) is 11.6 Å². The average molecular weight is 345 g/mol. The van der Waals surface area contributed by atoms with Gasteiger partial charge in [-0.3, -0.25) is 4.79 Å². The number of amides is 1. The van der Waals surface area contributed by atoms with Crippen LogP contribution in [0.15, 0.2) is 42.5 Å². The van der Waals surface area contributed by atoms with Crippen molar-refractivity contribution in [3.05, 3.63) is 58.6 Å². The zero-order valence-corrected chi connectivity index (χ0v) is 13.7. The van der Waals surface area contributed by atoms with Crippen molar-refractivity contribution in [2.75, 3.05) is 23.3 Å². The molecule has 5 nitrogen and oxygen atoms in total. The van der Waals surface area contributed by atoms with E-state index in [9.17, 15) is 14.7 Å². The van der Waals surface area contributed by atoms with Crippen LogP contribution in [0, 0.1) is 0 Å². The second kappa shape index (κ2) is 6.93. The molecule has 2 aromatic carbocycles. The van der Waals surface area contributed by atoms with Gasteiger partial charge in [0.2, 0.25) is 0 Å². The number of rotatable bonds is 4. The Kier molecular flexibility index (Phi) is 4.71. The zero-order chi connectivity index (χ0) is 17.1. The van der Waals surface area contributed by atoms with E-state index in [1.54, 1.807) is 36.4 Å². The summed E-state index contributed by atoms with van der Waals surface area (Å²) in [5, 5.41) is 12.7. The monoisotopic (exact) mass is 344 g/mol. The van der Waals surface area contributed by atoms with E-state index in [-0.39, 0.29) is 11.5 Å². The molecule has 0 radical (unpaired) electrons. The number of benzene rings is 2. The number of aromatic carboxylic acids is 1. The van der Waals surface area contributed by atoms with E-state index >= 15 is 0 Å². The van der Waals surface area contributed by atoms with Crippen molar-refractivity contribution >= 4 is 34.9 Å². The van der Waals surface area contributed by atoms with Crippen molar-refractivity contribution in [1.29, 1.82) is 0 Å². The standard InChI is InChI=1S/C18H17ClN2O3/c19-13-5-3-4-12(10-13)17(22)20-14-6-7-16(15(11-14)18(23)24)21-8-1-2-9-21/h3-7,10-11H,1-2,8-9H2,(H,20,22)(H,23,24). The van der Waals surface area contributed by atoms with Crippen LogP contribution in [0.4, 0.5) is 11.4 Å². The fraction of sp³-hybridized carbons (Fsp3) is 0.222. The summed E-state index contributed by atoms with van der Waals surface area (Å²) in [6.07, 6.45) is 2.12. The Morgan fingerprint density at radius 1 is 1.08 bits per heavy atom. The van der Waals surface area contributed by atoms with Crippen LogP contribution in [0.1, 0.15) is 33.6 Å². The number of hydrogen-bond acceptors (Lipinski definition) is 3. The molecule has 2 N–H and O–H groups in total. The molecular formula is C18H17ClN2O3. The van der Waals surface area contributed by atoms with Gasteiger partial charge >= 0.3 is 5.97 Å². The minimum atomic E-state index is -1.00. The maximum absolute atomic E-state index is 12.3. The highest BCUT2D eigenvalue weighted by atomic mass is 35.5. The number of carbonyl (C=O) groups is 2. The van der Waals surface area contributed by atoms with E-state index in [1.807, 2.05) is 0 Å². The number of anilines is 2. The van der Waals surface area contributed by atoms with Gasteiger partial charge in [-0.1, -0.05) is 17.7 Å². The molecule has 0 unspecified atom stereocenters. The van der Waals surface area contributed by atoms with Gasteiger partial charge < -0.3 is 15.3 Å². The Bertz CT molecular complexity index is 786. The molecule has 124 valence electrons. The van der Waals surface area contributed by atoms with Crippen molar-refractivity contribution in [3.8, 4) is 0 Å². The fourth-order valence-electron chi connectivity index (χ4n) is 2.85. The molecule has 2 aromatic rings. The first-order valence-corrected chi connectivity index (χ1v) is 8.11. The van der Waals surface area contributed by atoms with Crippen LogP contribution >= 0.6 is 11.6 Å². The summed E-state index contributed by atoms with van der Waals surface area (Å²) in [6, 6.07) is 11.6. The van der Waals surface area contributed by atoms with Crippen molar-refractivity contribution in [3.63, 3.8) is 0 Å². The second-order valence-corrected chi connectivity index (χ2v) is 6.13. The third kappa shape index (κ3) is 3.51. The third-order valence-corrected chi connectivity index (χ3v) is 4.25. The quantitative estimate of drug-likeness (QED) is 0.882. The summed E-state index contributed by atoms with van der Waals surface area (Å²) in [5.74, 6) is -1.33. The molecule has 1 heterocycles. The highest BCUT2D eigenvalue weighted by Crippen LogP contribution is 2.28. The van der Waals surface area contributed by atoms with Crippen molar-refractivity contribution < 1.29 is 14.7 Å². The first kappa shape index (κ1) is 16.3. The molecule has 1 saturated heterocycles. The van der Waals surface area contributed by atoms with Gasteiger partial charge in [-0.2, -0.15) is 0 Å². The number of nitrogens with zero attached hydrogens (tertiary/aromatic N) is 1. The Labute approximate surface area is 144 Å². The molecule has 0 atom stereocenters. The van der Waals surface area contributed by atoms with E-state index in [0.29, 0.717) is 22.0 Å². The van der Waals surface area contributed by atoms with Gasteiger partial charge in [0.1, 0.15) is 0 Å². The minimum absolute atomic E-state index is 0.195. The maximum Gasteiger partial charge on any atom is 0.337 e. The molecule has 1 aliphatic heterocycles. The third-order valence-electron chi connectivity index (χ3n) is 4.02. The number of halogens is 1. The van der Waals surface area contributed by atoms with Gasteiger partial charge in [0.05, 0.1) is 11.3 Å². The second-order valence-electron chi connectivity index (χ2n) is 5.70. The van der Waals surface area contributed by atoms with E-state index in [2.05, 4.69) is 10.2 Å². The lowest BCUT2D eigenvalue weighted by Gasteiger charge is -2.20. The summed E-state index contributed by atoms with van der Waals surface area (Å²) in [4.78, 5) is 25.9. The molecule has 0 bridgehead atoms. The SMILES string of the molecule is O=C(Nc1ccc(N2CCCC2)c(C(=O)O)c1)c1cccc(Cl)c1. The van der Waals surface area contributed by atoms with Crippen molar-refractivity contribution in [1.82, 2.24) is 0 Å². The Morgan fingerprint density at radius 3 is 2.50 bits per heavy atom. The molecule has 24 heavy (non-hydrogen) atoms. The van der Waals surface area contributed by atoms with E-state index in [1.165, 1.54) is 6.07 Å². The fourth-order valence-corrected chi connectivity index (χ4v) is 3.04. The topological polar surface area (TPSA) is 69.6 Å². The van der Waals surface area contributed by atoms with Gasteiger partial charge in [-0.25, -0.2) is 4.79 Å². The number of carbonyl (C=O) groups excluding carboxylic acids is 1. The minimum Gasteiger partial charge on any atom is -0.478 e. The van der Waals surface area contributed by atoms with Crippen LogP contribution in [-0.4, -0.2) is 30.1 Å². The van der Waals surface area contributed by atoms with E-state index < -0.39 is 5.97 Å². The van der Waals surface area contributed by atoms with Crippen molar-refractivity contribution in [2.45, 2.75) is 12.8 Å². The molecule has 0 spiro atoms. The summed E-state index contributed by atoms with van der Waals surface area (Å²) in [5.41, 5.74) is 1.75. The van der Waals surface area contributed by atoms with Gasteiger partial charge in [0.15, 0.2) is 0 Å². The number of carboxylic acids is 1. The Morgan fingerprint density at radius 2 is 1.83 bits per heavy atom. The van der Waals surface area contributed by atoms with Crippen LogP contribution < -0.4 is 10.2 Å². The van der Waals surface area contributed by atoms with Gasteiger partial charge in [0, 0.05) is 29.4 Å². The Balaban J connectivity index is 1.85. The van der Waals surface area contributed by atoms with Crippen LogP contribution in [0.2, 0.25) is 5.02 Å². The molecule has 1 amide bonds. The Hall–Kier alpha value is -2.53.